The zero-order valence-electron chi connectivity index (χ0n) is 11.8. The molecule has 0 amide bonds. The van der Waals surface area contributed by atoms with E-state index in [1.165, 1.54) is 0 Å². The lowest BCUT2D eigenvalue weighted by atomic mass is 9.79. The molecule has 1 fully saturated rings. The summed E-state index contributed by atoms with van der Waals surface area (Å²) in [5, 5.41) is 10.8. The average Bonchev–Trinajstić information content (AvgIpc) is 2.46. The Hall–Kier alpha value is -1.13. The van der Waals surface area contributed by atoms with Gasteiger partial charge in [0.05, 0.1) is 24.5 Å². The van der Waals surface area contributed by atoms with Crippen molar-refractivity contribution < 1.29 is 14.6 Å². The molecule has 19 heavy (non-hydrogen) atoms. The largest absolute Gasteiger partial charge is 0.492 e. The van der Waals surface area contributed by atoms with Crippen LogP contribution in [0.15, 0.2) is 18.5 Å². The molecule has 106 valence electrons. The van der Waals surface area contributed by atoms with Gasteiger partial charge in [-0.25, -0.2) is 0 Å². The molecule has 0 atom stereocenters. The highest BCUT2D eigenvalue weighted by atomic mass is 16.5. The topological polar surface area (TPSA) is 51.6 Å². The Balaban J connectivity index is 2.08. The van der Waals surface area contributed by atoms with Gasteiger partial charge in [-0.3, -0.25) is 4.98 Å². The maximum atomic E-state index is 10.8. The Morgan fingerprint density at radius 1 is 1.37 bits per heavy atom. The lowest BCUT2D eigenvalue weighted by Crippen LogP contribution is -2.34. The van der Waals surface area contributed by atoms with Crippen LogP contribution >= 0.6 is 0 Å². The van der Waals surface area contributed by atoms with Crippen molar-refractivity contribution in [2.24, 2.45) is 0 Å². The first-order valence-corrected chi connectivity index (χ1v) is 7.01. The van der Waals surface area contributed by atoms with Gasteiger partial charge in [0.15, 0.2) is 0 Å². The van der Waals surface area contributed by atoms with E-state index in [-0.39, 0.29) is 6.10 Å². The van der Waals surface area contributed by atoms with Gasteiger partial charge in [-0.1, -0.05) is 6.92 Å². The van der Waals surface area contributed by atoms with Gasteiger partial charge in [0.2, 0.25) is 0 Å². The van der Waals surface area contributed by atoms with Gasteiger partial charge in [-0.05, 0) is 38.2 Å². The van der Waals surface area contributed by atoms with Gasteiger partial charge in [-0.2, -0.15) is 0 Å². The van der Waals surface area contributed by atoms with Crippen molar-refractivity contribution in [3.63, 3.8) is 0 Å². The van der Waals surface area contributed by atoms with Crippen molar-refractivity contribution in [2.75, 3.05) is 13.7 Å². The molecule has 1 aliphatic rings. The fourth-order valence-corrected chi connectivity index (χ4v) is 2.57. The van der Waals surface area contributed by atoms with E-state index in [9.17, 15) is 5.11 Å². The van der Waals surface area contributed by atoms with Crippen LogP contribution in [0, 0.1) is 0 Å². The Morgan fingerprint density at radius 2 is 2.11 bits per heavy atom. The number of aromatic nitrogens is 1. The van der Waals surface area contributed by atoms with Crippen molar-refractivity contribution in [1.29, 1.82) is 0 Å². The van der Waals surface area contributed by atoms with Gasteiger partial charge < -0.3 is 14.6 Å². The Kier molecular flexibility index (Phi) is 4.77. The summed E-state index contributed by atoms with van der Waals surface area (Å²) < 4.78 is 10.9. The number of pyridine rings is 1. The second-order valence-electron chi connectivity index (χ2n) is 5.22. The van der Waals surface area contributed by atoms with Gasteiger partial charge in [0.25, 0.3) is 0 Å². The summed E-state index contributed by atoms with van der Waals surface area (Å²) in [5.74, 6) is 0.738. The van der Waals surface area contributed by atoms with Crippen molar-refractivity contribution in [2.45, 2.75) is 50.7 Å². The van der Waals surface area contributed by atoms with Crippen molar-refractivity contribution in [3.8, 4) is 5.75 Å². The van der Waals surface area contributed by atoms with Crippen LogP contribution in [0.3, 0.4) is 0 Å². The molecule has 0 aliphatic heterocycles. The second-order valence-corrected chi connectivity index (χ2v) is 5.22. The van der Waals surface area contributed by atoms with E-state index in [1.807, 2.05) is 6.07 Å². The Morgan fingerprint density at radius 3 is 2.74 bits per heavy atom. The van der Waals surface area contributed by atoms with Crippen LogP contribution in [0.25, 0.3) is 0 Å². The summed E-state index contributed by atoms with van der Waals surface area (Å²) in [6.07, 6.45) is 7.86. The van der Waals surface area contributed by atoms with Crippen molar-refractivity contribution >= 4 is 0 Å². The average molecular weight is 265 g/mol. The predicted octanol–water partition coefficient (Wildman–Crippen LogP) is 2.65. The van der Waals surface area contributed by atoms with Crippen LogP contribution in [0.5, 0.6) is 5.75 Å². The summed E-state index contributed by atoms with van der Waals surface area (Å²) in [4.78, 5) is 4.18. The van der Waals surface area contributed by atoms with E-state index in [2.05, 4.69) is 11.9 Å². The number of nitrogens with zero attached hydrogens (tertiary/aromatic N) is 1. The third kappa shape index (κ3) is 3.45. The highest BCUT2D eigenvalue weighted by Gasteiger charge is 2.35. The third-order valence-corrected chi connectivity index (χ3v) is 3.82. The van der Waals surface area contributed by atoms with Crippen LogP contribution in [0.1, 0.15) is 44.6 Å². The first-order valence-electron chi connectivity index (χ1n) is 7.01. The molecule has 1 heterocycles. The lowest BCUT2D eigenvalue weighted by molar-refractivity contribution is -0.0477. The maximum Gasteiger partial charge on any atom is 0.137 e. The second kappa shape index (κ2) is 6.35. The van der Waals surface area contributed by atoms with Gasteiger partial charge in [0.1, 0.15) is 5.75 Å². The fraction of sp³-hybridized carbons (Fsp3) is 0.667. The third-order valence-electron chi connectivity index (χ3n) is 3.82. The summed E-state index contributed by atoms with van der Waals surface area (Å²) in [5.41, 5.74) is 0.0730. The van der Waals surface area contributed by atoms with Crippen LogP contribution in [-0.2, 0) is 10.3 Å². The monoisotopic (exact) mass is 265 g/mol. The molecule has 4 heteroatoms. The van der Waals surface area contributed by atoms with Crippen LogP contribution in [-0.4, -0.2) is 29.9 Å². The summed E-state index contributed by atoms with van der Waals surface area (Å²) in [6.45, 7) is 2.74. The summed E-state index contributed by atoms with van der Waals surface area (Å²) >= 11 is 0. The standard InChI is InChI=1S/C15H23NO3/c1-3-8-19-14-9-12(10-16-11-14)15(17)6-4-13(18-2)5-7-15/h9-11,13,17H,3-8H2,1-2H3. The zero-order valence-corrected chi connectivity index (χ0v) is 11.8. The molecule has 0 aromatic carbocycles. The molecule has 1 N–H and O–H groups in total. The first-order chi connectivity index (χ1) is 9.18. The number of methoxy groups -OCH3 is 1. The highest BCUT2D eigenvalue weighted by Crippen LogP contribution is 2.38. The van der Waals surface area contributed by atoms with E-state index in [0.29, 0.717) is 19.4 Å². The van der Waals surface area contributed by atoms with E-state index in [0.717, 1.165) is 30.6 Å². The Bertz CT molecular complexity index is 400. The molecule has 4 nitrogen and oxygen atoms in total. The smallest absolute Gasteiger partial charge is 0.137 e. The van der Waals surface area contributed by atoms with Gasteiger partial charge in [-0.15, -0.1) is 0 Å². The summed E-state index contributed by atoms with van der Waals surface area (Å²) in [6, 6.07) is 1.91. The van der Waals surface area contributed by atoms with Crippen LogP contribution in [0.4, 0.5) is 0 Å². The van der Waals surface area contributed by atoms with E-state index in [4.69, 9.17) is 9.47 Å². The fourth-order valence-electron chi connectivity index (χ4n) is 2.57. The minimum atomic E-state index is -0.784. The molecule has 1 saturated carbocycles. The SMILES string of the molecule is CCCOc1cncc(C2(O)CCC(OC)CC2)c1. The molecule has 0 radical (unpaired) electrons. The van der Waals surface area contributed by atoms with E-state index >= 15 is 0 Å². The minimum absolute atomic E-state index is 0.271. The molecule has 0 saturated heterocycles. The zero-order chi connectivity index (χ0) is 13.7. The van der Waals surface area contributed by atoms with Crippen molar-refractivity contribution in [3.05, 3.63) is 24.0 Å². The number of hydrogen-bond donors (Lipinski definition) is 1. The minimum Gasteiger partial charge on any atom is -0.492 e. The van der Waals surface area contributed by atoms with E-state index < -0.39 is 5.60 Å². The molecule has 0 unspecified atom stereocenters. The molecule has 1 aromatic heterocycles. The van der Waals surface area contributed by atoms with Gasteiger partial charge >= 0.3 is 0 Å². The predicted molar refractivity (Wildman–Crippen MR) is 73.2 cm³/mol. The number of rotatable bonds is 5. The quantitative estimate of drug-likeness (QED) is 0.889. The maximum absolute atomic E-state index is 10.8. The number of hydrogen-bond acceptors (Lipinski definition) is 4. The Labute approximate surface area is 114 Å². The van der Waals surface area contributed by atoms with Gasteiger partial charge in [0, 0.05) is 18.9 Å². The molecule has 0 bridgehead atoms. The highest BCUT2D eigenvalue weighted by molar-refractivity contribution is 5.28. The first kappa shape index (κ1) is 14.3. The van der Waals surface area contributed by atoms with Crippen LogP contribution in [0.2, 0.25) is 0 Å². The molecular weight excluding hydrogens is 242 g/mol. The molecule has 0 spiro atoms. The molecule has 1 aromatic rings. The number of ether oxygens (including phenoxy) is 2. The molecule has 2 rings (SSSR count). The summed E-state index contributed by atoms with van der Waals surface area (Å²) in [7, 11) is 1.73. The van der Waals surface area contributed by atoms with Crippen LogP contribution < -0.4 is 4.74 Å². The normalized spacial score (nSPS) is 27.2. The molecular formula is C15H23NO3. The molecule has 1 aliphatic carbocycles. The number of aliphatic hydroxyl groups is 1. The van der Waals surface area contributed by atoms with Crippen molar-refractivity contribution in [1.82, 2.24) is 4.98 Å². The van der Waals surface area contributed by atoms with E-state index in [1.54, 1.807) is 19.5 Å². The lowest BCUT2D eigenvalue weighted by Gasteiger charge is -2.35.